The van der Waals surface area contributed by atoms with Crippen LogP contribution in [0.5, 0.6) is 0 Å². The van der Waals surface area contributed by atoms with Gasteiger partial charge in [0, 0.05) is 19.2 Å². The molecule has 1 unspecified atom stereocenters. The summed E-state index contributed by atoms with van der Waals surface area (Å²) >= 11 is 0. The van der Waals surface area contributed by atoms with Crippen molar-refractivity contribution < 1.29 is 19.7 Å². The van der Waals surface area contributed by atoms with E-state index in [1.165, 1.54) is 0 Å². The molecule has 1 amide bonds. The summed E-state index contributed by atoms with van der Waals surface area (Å²) in [6.07, 6.45) is -1.52. The molecule has 9 heteroatoms. The number of carbonyl (C=O) groups is 1. The summed E-state index contributed by atoms with van der Waals surface area (Å²) in [6, 6.07) is 13.5. The van der Waals surface area contributed by atoms with Crippen LogP contribution < -0.4 is 16.6 Å². The summed E-state index contributed by atoms with van der Waals surface area (Å²) in [5, 5.41) is 23.8. The molecule has 4 rings (SSSR count). The van der Waals surface area contributed by atoms with E-state index in [9.17, 15) is 24.6 Å². The number of rotatable bonds is 5. The molecule has 0 bridgehead atoms. The van der Waals surface area contributed by atoms with Gasteiger partial charge in [0.2, 0.25) is 0 Å². The fraction of sp³-hybridized carbons (Fsp3) is 0.286. The highest BCUT2D eigenvalue weighted by molar-refractivity contribution is 5.94. The van der Waals surface area contributed by atoms with Gasteiger partial charge in [-0.25, -0.2) is 4.79 Å². The number of carbonyl (C=O) groups excluding carboxylic acids is 1. The first-order chi connectivity index (χ1) is 14.5. The number of amides is 1. The van der Waals surface area contributed by atoms with E-state index in [0.717, 1.165) is 27.1 Å². The second-order valence-electron chi connectivity index (χ2n) is 7.15. The number of aliphatic hydroxyl groups excluding tert-OH is 2. The third-order valence-corrected chi connectivity index (χ3v) is 5.23. The Kier molecular flexibility index (Phi) is 5.49. The Labute approximate surface area is 170 Å². The van der Waals surface area contributed by atoms with Crippen molar-refractivity contribution in [2.75, 3.05) is 6.61 Å². The lowest BCUT2D eigenvalue weighted by Crippen LogP contribution is -2.38. The van der Waals surface area contributed by atoms with Gasteiger partial charge < -0.3 is 20.3 Å². The molecule has 0 saturated carbocycles. The van der Waals surface area contributed by atoms with Gasteiger partial charge in [-0.2, -0.15) is 0 Å². The monoisotopic (exact) mass is 411 g/mol. The molecule has 2 heterocycles. The topological polar surface area (TPSA) is 134 Å². The zero-order chi connectivity index (χ0) is 21.3. The zero-order valence-corrected chi connectivity index (χ0v) is 15.9. The lowest BCUT2D eigenvalue weighted by Gasteiger charge is -2.15. The van der Waals surface area contributed by atoms with Crippen LogP contribution >= 0.6 is 0 Å². The minimum atomic E-state index is -0.956. The third kappa shape index (κ3) is 3.78. The number of benzene rings is 2. The number of aromatic amines is 1. The average molecular weight is 411 g/mol. The Hall–Kier alpha value is -3.27. The number of fused-ring (bicyclic) bond motifs is 1. The Morgan fingerprint density at radius 2 is 1.97 bits per heavy atom. The molecule has 1 aliphatic heterocycles. The average Bonchev–Trinajstić information content (AvgIpc) is 3.12. The van der Waals surface area contributed by atoms with Crippen molar-refractivity contribution in [2.24, 2.45) is 0 Å². The van der Waals surface area contributed by atoms with Gasteiger partial charge in [0.15, 0.2) is 0 Å². The standard InChI is InChI=1S/C21H21N3O6/c25-11-17-16(26)8-18(30-17)24-10-15(20(28)23-21(24)29)19(27)22-9-13-6-3-5-12-4-1-2-7-14(12)13/h1-7,10,16-18,25-26H,8-9,11H2,(H,22,27)(H,23,28,29)/t16?,17-,18-/m1/s1. The summed E-state index contributed by atoms with van der Waals surface area (Å²) in [6.45, 7) is -0.210. The van der Waals surface area contributed by atoms with E-state index < -0.39 is 42.2 Å². The van der Waals surface area contributed by atoms with Crippen LogP contribution in [0.3, 0.4) is 0 Å². The maximum Gasteiger partial charge on any atom is 0.330 e. The SMILES string of the molecule is O=C(NCc1cccc2ccccc12)c1cn([C@H]2CC(O)[C@@H](CO)O2)c(=O)[nH]c1=O. The lowest BCUT2D eigenvalue weighted by atomic mass is 10.0. The van der Waals surface area contributed by atoms with E-state index in [4.69, 9.17) is 4.74 Å². The van der Waals surface area contributed by atoms with Crippen molar-refractivity contribution in [3.05, 3.63) is 80.6 Å². The Morgan fingerprint density at radius 1 is 1.20 bits per heavy atom. The van der Waals surface area contributed by atoms with Crippen molar-refractivity contribution in [1.82, 2.24) is 14.9 Å². The van der Waals surface area contributed by atoms with Gasteiger partial charge >= 0.3 is 5.69 Å². The van der Waals surface area contributed by atoms with Gasteiger partial charge in [0.25, 0.3) is 11.5 Å². The molecule has 1 aromatic heterocycles. The van der Waals surface area contributed by atoms with Crippen molar-refractivity contribution in [3.8, 4) is 0 Å². The lowest BCUT2D eigenvalue weighted by molar-refractivity contribution is -0.0459. The van der Waals surface area contributed by atoms with Crippen molar-refractivity contribution in [1.29, 1.82) is 0 Å². The quantitative estimate of drug-likeness (QED) is 0.476. The molecule has 3 aromatic rings. The maximum absolute atomic E-state index is 12.7. The van der Waals surface area contributed by atoms with E-state index in [1.807, 2.05) is 42.5 Å². The summed E-state index contributed by atoms with van der Waals surface area (Å²) in [5.41, 5.74) is -0.940. The predicted octanol–water partition coefficient (Wildman–Crippen LogP) is 0.260. The molecule has 0 aliphatic carbocycles. The van der Waals surface area contributed by atoms with Gasteiger partial charge in [-0.15, -0.1) is 0 Å². The summed E-state index contributed by atoms with van der Waals surface area (Å²) in [5.74, 6) is -0.643. The number of aliphatic hydroxyl groups is 2. The summed E-state index contributed by atoms with van der Waals surface area (Å²) in [7, 11) is 0. The minimum Gasteiger partial charge on any atom is -0.394 e. The molecule has 30 heavy (non-hydrogen) atoms. The van der Waals surface area contributed by atoms with Crippen LogP contribution in [-0.2, 0) is 11.3 Å². The smallest absolute Gasteiger partial charge is 0.330 e. The van der Waals surface area contributed by atoms with E-state index >= 15 is 0 Å². The van der Waals surface area contributed by atoms with Crippen LogP contribution in [0.15, 0.2) is 58.3 Å². The molecule has 1 aliphatic rings. The summed E-state index contributed by atoms with van der Waals surface area (Å²) in [4.78, 5) is 39.1. The number of hydrogen-bond acceptors (Lipinski definition) is 6. The Morgan fingerprint density at radius 3 is 2.73 bits per heavy atom. The third-order valence-electron chi connectivity index (χ3n) is 5.23. The molecule has 2 aromatic carbocycles. The predicted molar refractivity (Wildman–Crippen MR) is 108 cm³/mol. The molecule has 1 saturated heterocycles. The number of H-pyrrole nitrogens is 1. The molecule has 0 spiro atoms. The Bertz CT molecular complexity index is 1200. The second kappa shape index (κ2) is 8.23. The van der Waals surface area contributed by atoms with Crippen molar-refractivity contribution in [3.63, 3.8) is 0 Å². The fourth-order valence-electron chi connectivity index (χ4n) is 3.63. The largest absolute Gasteiger partial charge is 0.394 e. The summed E-state index contributed by atoms with van der Waals surface area (Å²) < 4.78 is 6.50. The van der Waals surface area contributed by atoms with Gasteiger partial charge in [-0.1, -0.05) is 42.5 Å². The maximum atomic E-state index is 12.7. The number of aromatic nitrogens is 2. The van der Waals surface area contributed by atoms with Gasteiger partial charge in [-0.05, 0) is 16.3 Å². The molecular weight excluding hydrogens is 390 g/mol. The molecule has 4 N–H and O–H groups in total. The molecule has 9 nitrogen and oxygen atoms in total. The van der Waals surface area contributed by atoms with Gasteiger partial charge in [0.05, 0.1) is 12.7 Å². The first-order valence-electron chi connectivity index (χ1n) is 9.52. The van der Waals surface area contributed by atoms with Crippen molar-refractivity contribution in [2.45, 2.75) is 31.4 Å². The highest BCUT2D eigenvalue weighted by atomic mass is 16.5. The van der Waals surface area contributed by atoms with Crippen molar-refractivity contribution >= 4 is 16.7 Å². The number of nitrogens with zero attached hydrogens (tertiary/aromatic N) is 1. The van der Waals surface area contributed by atoms with Crippen LogP contribution in [0.2, 0.25) is 0 Å². The molecule has 156 valence electrons. The van der Waals surface area contributed by atoms with Crippen LogP contribution in [0.4, 0.5) is 0 Å². The van der Waals surface area contributed by atoms with E-state index in [2.05, 4.69) is 10.3 Å². The van der Waals surface area contributed by atoms with Crippen LogP contribution in [-0.4, -0.2) is 44.5 Å². The zero-order valence-electron chi connectivity index (χ0n) is 15.9. The number of nitrogens with one attached hydrogen (secondary N) is 2. The number of hydrogen-bond donors (Lipinski definition) is 4. The van der Waals surface area contributed by atoms with Gasteiger partial charge in [-0.3, -0.25) is 19.1 Å². The van der Waals surface area contributed by atoms with E-state index in [1.54, 1.807) is 0 Å². The molecule has 1 fully saturated rings. The first kappa shape index (κ1) is 20.0. The minimum absolute atomic E-state index is 0.0498. The molecule has 3 atom stereocenters. The Balaban J connectivity index is 1.57. The highest BCUT2D eigenvalue weighted by Crippen LogP contribution is 2.27. The van der Waals surface area contributed by atoms with Crippen LogP contribution in [0.25, 0.3) is 10.8 Å². The number of ether oxygens (including phenoxy) is 1. The normalized spacial score (nSPS) is 21.1. The first-order valence-corrected chi connectivity index (χ1v) is 9.52. The van der Waals surface area contributed by atoms with Crippen LogP contribution in [0, 0.1) is 0 Å². The van der Waals surface area contributed by atoms with Crippen LogP contribution in [0.1, 0.15) is 28.6 Å². The highest BCUT2D eigenvalue weighted by Gasteiger charge is 2.35. The fourth-order valence-corrected chi connectivity index (χ4v) is 3.63. The molecular formula is C21H21N3O6. The van der Waals surface area contributed by atoms with E-state index in [0.29, 0.717) is 0 Å². The second-order valence-corrected chi connectivity index (χ2v) is 7.15. The van der Waals surface area contributed by atoms with E-state index in [-0.39, 0.29) is 18.5 Å². The van der Waals surface area contributed by atoms with Gasteiger partial charge in [0.1, 0.15) is 17.9 Å². The molecule has 0 radical (unpaired) electrons.